The molecule has 4 nitrogen and oxygen atoms in total. The first-order valence-electron chi connectivity index (χ1n) is 7.05. The van der Waals surface area contributed by atoms with Gasteiger partial charge in [0.2, 0.25) is 0 Å². The summed E-state index contributed by atoms with van der Waals surface area (Å²) in [6, 6.07) is 17.6. The third kappa shape index (κ3) is 3.80. The Kier molecular flexibility index (Phi) is 4.61. The number of aromatic nitrogens is 3. The van der Waals surface area contributed by atoms with Crippen LogP contribution in [-0.4, -0.2) is 21.5 Å². The number of hydrogen-bond donors (Lipinski definition) is 1. The number of nitrogens with one attached hydrogen (secondary N) is 1. The average Bonchev–Trinajstić information content (AvgIpc) is 2.56. The third-order valence-electron chi connectivity index (χ3n) is 3.15. The van der Waals surface area contributed by atoms with Crippen LogP contribution in [0.3, 0.4) is 0 Å². The first-order chi connectivity index (χ1) is 10.8. The lowest BCUT2D eigenvalue weighted by Crippen LogP contribution is -2.07. The second-order valence-electron chi connectivity index (χ2n) is 4.78. The summed E-state index contributed by atoms with van der Waals surface area (Å²) < 4.78 is 0. The van der Waals surface area contributed by atoms with Crippen molar-refractivity contribution >= 4 is 17.4 Å². The maximum absolute atomic E-state index is 6.08. The predicted octanol–water partition coefficient (Wildman–Crippen LogP) is 3.85. The van der Waals surface area contributed by atoms with Crippen molar-refractivity contribution in [3.05, 3.63) is 71.5 Å². The largest absolute Gasteiger partial charge is 0.370 e. The summed E-state index contributed by atoms with van der Waals surface area (Å²) in [4.78, 5) is 12.9. The number of anilines is 1. The van der Waals surface area contributed by atoms with E-state index in [2.05, 4.69) is 32.4 Å². The topological polar surface area (TPSA) is 50.7 Å². The summed E-state index contributed by atoms with van der Waals surface area (Å²) in [5.41, 5.74) is 1.98. The Morgan fingerprint density at radius 2 is 1.77 bits per heavy atom. The minimum Gasteiger partial charge on any atom is -0.370 e. The molecule has 1 aromatic carbocycles. The number of rotatable bonds is 5. The number of benzene rings is 1. The maximum atomic E-state index is 6.08. The molecule has 0 fully saturated rings. The van der Waals surface area contributed by atoms with Crippen molar-refractivity contribution in [1.82, 2.24) is 15.0 Å². The van der Waals surface area contributed by atoms with Crippen molar-refractivity contribution in [3.63, 3.8) is 0 Å². The molecule has 0 bridgehead atoms. The van der Waals surface area contributed by atoms with Crippen molar-refractivity contribution in [2.45, 2.75) is 6.42 Å². The van der Waals surface area contributed by atoms with Gasteiger partial charge in [0.05, 0.1) is 0 Å². The molecule has 0 saturated heterocycles. The molecule has 0 aliphatic rings. The van der Waals surface area contributed by atoms with E-state index in [1.165, 1.54) is 5.56 Å². The summed E-state index contributed by atoms with van der Waals surface area (Å²) in [7, 11) is 0. The zero-order chi connectivity index (χ0) is 15.2. The molecule has 22 heavy (non-hydrogen) atoms. The van der Waals surface area contributed by atoms with Crippen molar-refractivity contribution in [3.8, 4) is 11.5 Å². The van der Waals surface area contributed by atoms with Crippen LogP contribution >= 0.6 is 11.6 Å². The molecule has 0 saturated carbocycles. The van der Waals surface area contributed by atoms with E-state index in [9.17, 15) is 0 Å². The fourth-order valence-corrected chi connectivity index (χ4v) is 2.28. The van der Waals surface area contributed by atoms with Crippen LogP contribution in [0, 0.1) is 0 Å². The lowest BCUT2D eigenvalue weighted by atomic mass is 10.1. The van der Waals surface area contributed by atoms with E-state index in [0.717, 1.165) is 13.0 Å². The van der Waals surface area contributed by atoms with E-state index < -0.39 is 0 Å². The molecule has 2 aromatic heterocycles. The molecule has 0 atom stereocenters. The van der Waals surface area contributed by atoms with E-state index in [1.807, 2.05) is 36.4 Å². The van der Waals surface area contributed by atoms with E-state index in [4.69, 9.17) is 11.6 Å². The van der Waals surface area contributed by atoms with E-state index in [1.54, 1.807) is 12.3 Å². The zero-order valence-electron chi connectivity index (χ0n) is 11.9. The Bertz CT molecular complexity index is 732. The minimum atomic E-state index is 0.401. The Labute approximate surface area is 134 Å². The standard InChI is InChI=1S/C17H15ClN4/c18-15-12-16(20-11-9-13-6-2-1-3-7-13)22-17(21-15)14-8-4-5-10-19-14/h1-8,10,12H,9,11H2,(H,20,21,22). The second kappa shape index (κ2) is 7.00. The van der Waals surface area contributed by atoms with Crippen LogP contribution in [0.2, 0.25) is 5.15 Å². The Balaban J connectivity index is 1.70. The number of halogens is 1. The van der Waals surface area contributed by atoms with Gasteiger partial charge in [-0.25, -0.2) is 9.97 Å². The molecular weight excluding hydrogens is 296 g/mol. The SMILES string of the molecule is Clc1cc(NCCc2ccccc2)nc(-c2ccccn2)n1. The summed E-state index contributed by atoms with van der Waals surface area (Å²) in [6.07, 6.45) is 2.63. The first kappa shape index (κ1) is 14.5. The van der Waals surface area contributed by atoms with Crippen LogP contribution in [0.1, 0.15) is 5.56 Å². The lowest BCUT2D eigenvalue weighted by molar-refractivity contribution is 0.999. The highest BCUT2D eigenvalue weighted by molar-refractivity contribution is 6.29. The van der Waals surface area contributed by atoms with Crippen LogP contribution < -0.4 is 5.32 Å². The van der Waals surface area contributed by atoms with Crippen molar-refractivity contribution in [1.29, 1.82) is 0 Å². The Hall–Kier alpha value is -2.46. The molecule has 0 aliphatic carbocycles. The normalized spacial score (nSPS) is 10.4. The van der Waals surface area contributed by atoms with Crippen LogP contribution in [0.5, 0.6) is 0 Å². The molecule has 110 valence electrons. The molecule has 0 unspecified atom stereocenters. The molecule has 0 radical (unpaired) electrons. The molecule has 5 heteroatoms. The quantitative estimate of drug-likeness (QED) is 0.727. The number of pyridine rings is 1. The van der Waals surface area contributed by atoms with Gasteiger partial charge >= 0.3 is 0 Å². The highest BCUT2D eigenvalue weighted by Crippen LogP contribution is 2.18. The fraction of sp³-hybridized carbons (Fsp3) is 0.118. The highest BCUT2D eigenvalue weighted by atomic mass is 35.5. The van der Waals surface area contributed by atoms with Gasteiger partial charge in [-0.2, -0.15) is 0 Å². The predicted molar refractivity (Wildman–Crippen MR) is 88.9 cm³/mol. The van der Waals surface area contributed by atoms with Crippen LogP contribution in [0.15, 0.2) is 60.8 Å². The molecule has 0 spiro atoms. The summed E-state index contributed by atoms with van der Waals surface area (Å²) in [6.45, 7) is 0.777. The van der Waals surface area contributed by atoms with Gasteiger partial charge in [0.15, 0.2) is 5.82 Å². The molecule has 0 amide bonds. The van der Waals surface area contributed by atoms with Gasteiger partial charge in [0.1, 0.15) is 16.7 Å². The van der Waals surface area contributed by atoms with Gasteiger partial charge in [0, 0.05) is 18.8 Å². The maximum Gasteiger partial charge on any atom is 0.181 e. The number of nitrogens with zero attached hydrogens (tertiary/aromatic N) is 3. The summed E-state index contributed by atoms with van der Waals surface area (Å²) in [5, 5.41) is 3.68. The fourth-order valence-electron chi connectivity index (χ4n) is 2.10. The van der Waals surface area contributed by atoms with Gasteiger partial charge in [-0.3, -0.25) is 4.98 Å². The Morgan fingerprint density at radius 3 is 2.55 bits per heavy atom. The van der Waals surface area contributed by atoms with Gasteiger partial charge in [-0.15, -0.1) is 0 Å². The van der Waals surface area contributed by atoms with Crippen molar-refractivity contribution < 1.29 is 0 Å². The molecule has 3 aromatic rings. The lowest BCUT2D eigenvalue weighted by Gasteiger charge is -2.08. The third-order valence-corrected chi connectivity index (χ3v) is 3.35. The van der Waals surface area contributed by atoms with E-state index in [0.29, 0.717) is 22.5 Å². The van der Waals surface area contributed by atoms with E-state index >= 15 is 0 Å². The minimum absolute atomic E-state index is 0.401. The smallest absolute Gasteiger partial charge is 0.181 e. The average molecular weight is 311 g/mol. The van der Waals surface area contributed by atoms with Crippen molar-refractivity contribution in [2.24, 2.45) is 0 Å². The zero-order valence-corrected chi connectivity index (χ0v) is 12.7. The van der Waals surface area contributed by atoms with Crippen LogP contribution in [-0.2, 0) is 6.42 Å². The molecule has 3 rings (SSSR count). The van der Waals surface area contributed by atoms with Gasteiger partial charge in [-0.1, -0.05) is 48.0 Å². The first-order valence-corrected chi connectivity index (χ1v) is 7.43. The second-order valence-corrected chi connectivity index (χ2v) is 5.16. The van der Waals surface area contributed by atoms with E-state index in [-0.39, 0.29) is 0 Å². The molecular formula is C17H15ClN4. The van der Waals surface area contributed by atoms with Crippen molar-refractivity contribution in [2.75, 3.05) is 11.9 Å². The summed E-state index contributed by atoms with van der Waals surface area (Å²) >= 11 is 6.08. The van der Waals surface area contributed by atoms with Crippen LogP contribution in [0.4, 0.5) is 5.82 Å². The molecule has 2 heterocycles. The molecule has 1 N–H and O–H groups in total. The summed E-state index contributed by atoms with van der Waals surface area (Å²) in [5.74, 6) is 1.23. The van der Waals surface area contributed by atoms with Crippen LogP contribution in [0.25, 0.3) is 11.5 Å². The van der Waals surface area contributed by atoms with Gasteiger partial charge in [-0.05, 0) is 24.1 Å². The molecule has 0 aliphatic heterocycles. The Morgan fingerprint density at radius 1 is 0.955 bits per heavy atom. The number of hydrogen-bond acceptors (Lipinski definition) is 4. The van der Waals surface area contributed by atoms with Gasteiger partial charge in [0.25, 0.3) is 0 Å². The highest BCUT2D eigenvalue weighted by Gasteiger charge is 2.06. The monoisotopic (exact) mass is 310 g/mol. The van der Waals surface area contributed by atoms with Gasteiger partial charge < -0.3 is 5.32 Å².